The molecule has 1 aliphatic rings. The first-order chi connectivity index (χ1) is 21.1. The standard InChI is InChI=1S/C21H25.C13H10.C10H15.2ClH.Zr/c1-20(2,3)16-7-9-18-14(12-16)11-15-13-17(21(4,5)6)8-10-19(15)18;1-3-7-12(8-4-1)11-13-9-5-2-6-10-13;1-7(2)10-6-8(3)5-9(10)4;;;/h7-10,12H,11H2,1-6H3;1-10H;5-7H,1-4H3;2*1H;/q-1;;-1;;;+2/p-2. The summed E-state index contributed by atoms with van der Waals surface area (Å²) in [6.45, 7) is 22.4. The van der Waals surface area contributed by atoms with Crippen LogP contribution in [0, 0.1) is 19.9 Å². The summed E-state index contributed by atoms with van der Waals surface area (Å²) in [6.07, 6.45) is 1.03. The molecule has 0 N–H and O–H groups in total. The number of halogens is 2. The average molecular weight is 741 g/mol. The Morgan fingerprint density at radius 1 is 0.702 bits per heavy atom. The molecule has 0 spiro atoms. The molecule has 5 aromatic rings. The van der Waals surface area contributed by atoms with Gasteiger partial charge >= 0.3 is 99.2 Å². The van der Waals surface area contributed by atoms with Crippen LogP contribution in [0.25, 0.3) is 11.1 Å². The van der Waals surface area contributed by atoms with Crippen molar-refractivity contribution in [3.63, 3.8) is 0 Å². The Balaban J connectivity index is 0.000000258. The molecule has 0 nitrogen and oxygen atoms in total. The molecule has 246 valence electrons. The SMILES string of the molecule is CC(C)(C)c1[c-]c2c(cc1)-c1ccc(C(C)(C)C)cc1C2.Cc1cc(C(C)C)c(C)[cH-]1.[Cl-].[Cl-].[Zr+2]=[C](c1ccccc1)c1ccccc1. The van der Waals surface area contributed by atoms with Crippen molar-refractivity contribution in [2.75, 3.05) is 0 Å². The van der Waals surface area contributed by atoms with Crippen LogP contribution < -0.4 is 24.8 Å². The Labute approximate surface area is 313 Å². The summed E-state index contributed by atoms with van der Waals surface area (Å²) in [6, 6.07) is 40.8. The average Bonchev–Trinajstić information content (AvgIpc) is 3.55. The van der Waals surface area contributed by atoms with Gasteiger partial charge in [0.2, 0.25) is 0 Å². The van der Waals surface area contributed by atoms with Crippen LogP contribution in [0.3, 0.4) is 0 Å². The summed E-state index contributed by atoms with van der Waals surface area (Å²) in [5, 5.41) is 0. The fourth-order valence-corrected chi connectivity index (χ4v) is 6.67. The first-order valence-electron chi connectivity index (χ1n) is 16.3. The number of hydrogen-bond donors (Lipinski definition) is 0. The summed E-state index contributed by atoms with van der Waals surface area (Å²) in [4.78, 5) is 0. The molecule has 0 saturated heterocycles. The van der Waals surface area contributed by atoms with E-state index >= 15 is 0 Å². The van der Waals surface area contributed by atoms with Crippen LogP contribution >= 0.6 is 0 Å². The molecule has 3 heteroatoms. The van der Waals surface area contributed by atoms with E-state index in [0.717, 1.165) is 6.42 Å². The van der Waals surface area contributed by atoms with E-state index in [1.165, 1.54) is 88.6 Å². The summed E-state index contributed by atoms with van der Waals surface area (Å²) < 4.78 is 1.42. The maximum absolute atomic E-state index is 3.67. The molecule has 5 aromatic carbocycles. The van der Waals surface area contributed by atoms with Crippen LogP contribution in [0.15, 0.2) is 103 Å². The summed E-state index contributed by atoms with van der Waals surface area (Å²) in [5.74, 6) is 0.675. The zero-order valence-electron chi connectivity index (χ0n) is 29.9. The molecule has 47 heavy (non-hydrogen) atoms. The van der Waals surface area contributed by atoms with Crippen LogP contribution in [-0.4, -0.2) is 3.21 Å². The zero-order valence-corrected chi connectivity index (χ0v) is 33.8. The maximum atomic E-state index is 3.67. The molecule has 0 radical (unpaired) electrons. The Kier molecular flexibility index (Phi) is 15.0. The number of aryl methyl sites for hydroxylation is 2. The number of rotatable bonds is 3. The minimum atomic E-state index is 0. The van der Waals surface area contributed by atoms with Gasteiger partial charge in [0.05, 0.1) is 0 Å². The van der Waals surface area contributed by atoms with Gasteiger partial charge in [-0.2, -0.15) is 46.5 Å². The predicted molar refractivity (Wildman–Crippen MR) is 193 cm³/mol. The van der Waals surface area contributed by atoms with E-state index in [0.29, 0.717) is 5.92 Å². The van der Waals surface area contributed by atoms with E-state index in [9.17, 15) is 0 Å². The third-order valence-electron chi connectivity index (χ3n) is 8.49. The molecule has 6 rings (SSSR count). The van der Waals surface area contributed by atoms with Crippen molar-refractivity contribution in [2.45, 2.75) is 92.4 Å². The van der Waals surface area contributed by atoms with E-state index in [1.807, 2.05) is 0 Å². The fourth-order valence-electron chi connectivity index (χ4n) is 5.85. The van der Waals surface area contributed by atoms with Gasteiger partial charge in [0.25, 0.3) is 0 Å². The molecule has 0 fully saturated rings. The molecule has 0 aliphatic heterocycles. The molecule has 0 heterocycles. The van der Waals surface area contributed by atoms with E-state index in [2.05, 4.69) is 178 Å². The molecule has 0 atom stereocenters. The number of hydrogen-bond acceptors (Lipinski definition) is 0. The molecule has 0 unspecified atom stereocenters. The zero-order chi connectivity index (χ0) is 32.9. The van der Waals surface area contributed by atoms with Gasteiger partial charge in [-0.3, -0.25) is 0 Å². The normalized spacial score (nSPS) is 11.5. The van der Waals surface area contributed by atoms with Crippen molar-refractivity contribution in [3.05, 3.63) is 159 Å². The van der Waals surface area contributed by atoms with Crippen molar-refractivity contribution in [2.24, 2.45) is 0 Å². The van der Waals surface area contributed by atoms with Crippen LogP contribution in [0.2, 0.25) is 0 Å². The molecule has 1 aliphatic carbocycles. The van der Waals surface area contributed by atoms with Gasteiger partial charge in [-0.1, -0.05) is 98.9 Å². The van der Waals surface area contributed by atoms with Gasteiger partial charge in [0.15, 0.2) is 0 Å². The Hall–Kier alpha value is -2.44. The quantitative estimate of drug-likeness (QED) is 0.207. The molecule has 0 aromatic heterocycles. The van der Waals surface area contributed by atoms with Crippen LogP contribution in [0.4, 0.5) is 0 Å². The van der Waals surface area contributed by atoms with E-state index < -0.39 is 0 Å². The molecule has 0 amide bonds. The summed E-state index contributed by atoms with van der Waals surface area (Å²) in [7, 11) is 0. The van der Waals surface area contributed by atoms with Gasteiger partial charge in [0.1, 0.15) is 0 Å². The second-order valence-corrected chi connectivity index (χ2v) is 16.0. The Bertz CT molecular complexity index is 1630. The van der Waals surface area contributed by atoms with Gasteiger partial charge < -0.3 is 24.8 Å². The predicted octanol–water partition coefficient (Wildman–Crippen LogP) is 5.61. The Morgan fingerprint density at radius 2 is 1.23 bits per heavy atom. The van der Waals surface area contributed by atoms with Crippen molar-refractivity contribution < 1.29 is 49.0 Å². The van der Waals surface area contributed by atoms with Crippen LogP contribution in [-0.2, 0) is 41.5 Å². The molecular formula is C44H50Cl2Zr-2. The number of fused-ring (bicyclic) bond motifs is 3. The minimum absolute atomic E-state index is 0. The number of benzene rings is 4. The first-order valence-corrected chi connectivity index (χ1v) is 17.5. The second kappa shape index (κ2) is 17.3. The van der Waals surface area contributed by atoms with Crippen molar-refractivity contribution in [3.8, 4) is 11.1 Å². The topological polar surface area (TPSA) is 0 Å². The summed E-state index contributed by atoms with van der Waals surface area (Å²) in [5.41, 5.74) is 15.7. The Morgan fingerprint density at radius 3 is 1.66 bits per heavy atom. The molecule has 0 bridgehead atoms. The van der Waals surface area contributed by atoms with Crippen molar-refractivity contribution in [1.82, 2.24) is 0 Å². The van der Waals surface area contributed by atoms with Gasteiger partial charge in [0, 0.05) is 0 Å². The van der Waals surface area contributed by atoms with E-state index in [4.69, 9.17) is 0 Å². The monoisotopic (exact) mass is 738 g/mol. The van der Waals surface area contributed by atoms with Crippen LogP contribution in [0.5, 0.6) is 0 Å². The summed E-state index contributed by atoms with van der Waals surface area (Å²) >= 11 is 1.46. The molecule has 0 saturated carbocycles. The third kappa shape index (κ3) is 10.8. The van der Waals surface area contributed by atoms with Crippen LogP contribution in [0.1, 0.15) is 111 Å². The first kappa shape index (κ1) is 40.7. The fraction of sp³-hybridized carbons (Fsp3) is 0.318. The van der Waals surface area contributed by atoms with Gasteiger partial charge in [-0.05, 0) is 28.4 Å². The van der Waals surface area contributed by atoms with Gasteiger partial charge in [-0.25, -0.2) is 6.07 Å². The second-order valence-electron chi connectivity index (χ2n) is 14.7. The third-order valence-corrected chi connectivity index (χ3v) is 9.91. The van der Waals surface area contributed by atoms with E-state index in [1.54, 1.807) is 0 Å². The van der Waals surface area contributed by atoms with Crippen molar-refractivity contribution in [1.29, 1.82) is 0 Å². The molecular weight excluding hydrogens is 691 g/mol. The van der Waals surface area contributed by atoms with E-state index in [-0.39, 0.29) is 35.6 Å². The van der Waals surface area contributed by atoms with Crippen molar-refractivity contribution >= 4 is 3.21 Å². The van der Waals surface area contributed by atoms with Gasteiger partial charge in [-0.15, -0.1) is 11.1 Å².